The normalized spacial score (nSPS) is 19.0. The molecular weight excluding hydrogens is 515 g/mol. The lowest BCUT2D eigenvalue weighted by Gasteiger charge is -2.23. The summed E-state index contributed by atoms with van der Waals surface area (Å²) in [5.74, 6) is -0.690. The molecule has 0 saturated heterocycles. The van der Waals surface area contributed by atoms with Crippen molar-refractivity contribution in [2.24, 2.45) is 10.1 Å². The average molecular weight is 537 g/mol. The second-order valence-electron chi connectivity index (χ2n) is 8.46. The van der Waals surface area contributed by atoms with E-state index in [1.165, 1.54) is 30.0 Å². The number of nitrogens with zero attached hydrogens (tertiary/aromatic N) is 3. The van der Waals surface area contributed by atoms with Gasteiger partial charge in [-0.15, -0.1) is 0 Å². The zero-order chi connectivity index (χ0) is 25.9. The van der Waals surface area contributed by atoms with E-state index < -0.39 is 22.9 Å². The average Bonchev–Trinajstić information content (AvgIpc) is 3.50. The summed E-state index contributed by atoms with van der Waals surface area (Å²) >= 11 is 7.28. The zero-order valence-electron chi connectivity index (χ0n) is 19.7. The number of hydrogen-bond acceptors (Lipinski definition) is 6. The number of hydrazone groups is 1. The third-order valence-corrected chi connectivity index (χ3v) is 7.43. The lowest BCUT2D eigenvalue weighted by molar-refractivity contribution is -0.121. The molecule has 3 aromatic rings. The van der Waals surface area contributed by atoms with E-state index in [1.54, 1.807) is 18.2 Å². The Labute approximate surface area is 222 Å². The molecule has 0 saturated carbocycles. The molecule has 37 heavy (non-hydrogen) atoms. The smallest absolute Gasteiger partial charge is 0.262 e. The van der Waals surface area contributed by atoms with Crippen molar-refractivity contribution in [1.29, 1.82) is 0 Å². The number of carbonyl (C=O) groups excluding carboxylic acids is 2. The minimum absolute atomic E-state index is 0.0696. The number of methoxy groups -OCH3 is 1. The van der Waals surface area contributed by atoms with Crippen molar-refractivity contribution in [2.75, 3.05) is 12.4 Å². The fraction of sp³-hybridized carbons (Fsp3) is 0.185. The minimum atomic E-state index is -0.729. The highest BCUT2D eigenvalue weighted by Crippen LogP contribution is 2.39. The summed E-state index contributed by atoms with van der Waals surface area (Å²) in [5.41, 5.74) is 2.80. The third kappa shape index (κ3) is 5.52. The van der Waals surface area contributed by atoms with Gasteiger partial charge in [0.05, 0.1) is 24.6 Å². The van der Waals surface area contributed by atoms with Gasteiger partial charge >= 0.3 is 0 Å². The Hall–Kier alpha value is -3.69. The lowest BCUT2D eigenvalue weighted by Crippen LogP contribution is -2.25. The van der Waals surface area contributed by atoms with Crippen LogP contribution in [0.4, 0.5) is 10.1 Å². The quantitative estimate of drug-likeness (QED) is 0.439. The van der Waals surface area contributed by atoms with E-state index in [0.29, 0.717) is 16.6 Å². The largest absolute Gasteiger partial charge is 0.497 e. The summed E-state index contributed by atoms with van der Waals surface area (Å²) in [6.07, 6.45) is 0.444. The Kier molecular flexibility index (Phi) is 7.25. The van der Waals surface area contributed by atoms with Crippen molar-refractivity contribution < 1.29 is 18.7 Å². The van der Waals surface area contributed by atoms with Crippen molar-refractivity contribution >= 4 is 51.7 Å². The fourth-order valence-corrected chi connectivity index (χ4v) is 5.31. The number of amides is 2. The molecule has 0 unspecified atom stereocenters. The zero-order valence-corrected chi connectivity index (χ0v) is 21.3. The molecule has 5 rings (SSSR count). The summed E-state index contributed by atoms with van der Waals surface area (Å²) in [7, 11) is 1.61. The van der Waals surface area contributed by atoms with Crippen LogP contribution in [0.1, 0.15) is 30.0 Å². The molecule has 3 aromatic carbocycles. The maximum absolute atomic E-state index is 13.9. The molecular formula is C27H22ClFN4O3S. The van der Waals surface area contributed by atoms with E-state index in [4.69, 9.17) is 21.4 Å². The van der Waals surface area contributed by atoms with Crippen molar-refractivity contribution in [2.45, 2.75) is 24.1 Å². The molecule has 2 heterocycles. The second-order valence-corrected chi connectivity index (χ2v) is 10.1. The number of hydrogen-bond donors (Lipinski definition) is 1. The molecule has 0 radical (unpaired) electrons. The minimum Gasteiger partial charge on any atom is -0.497 e. The number of anilines is 1. The van der Waals surface area contributed by atoms with Crippen molar-refractivity contribution in [3.8, 4) is 5.75 Å². The van der Waals surface area contributed by atoms with Gasteiger partial charge in [0, 0.05) is 17.9 Å². The molecule has 2 aliphatic heterocycles. The first-order valence-electron chi connectivity index (χ1n) is 11.5. The number of benzene rings is 3. The van der Waals surface area contributed by atoms with Gasteiger partial charge in [0.1, 0.15) is 16.8 Å². The number of aliphatic imine (C=N–C) groups is 1. The molecule has 0 bridgehead atoms. The summed E-state index contributed by atoms with van der Waals surface area (Å²) in [4.78, 5) is 29.5. The van der Waals surface area contributed by atoms with E-state index >= 15 is 0 Å². The number of thioether (sulfide) groups is 1. The van der Waals surface area contributed by atoms with Crippen molar-refractivity contribution in [3.63, 3.8) is 0 Å². The molecule has 0 aliphatic carbocycles. The number of para-hydroxylation sites is 1. The van der Waals surface area contributed by atoms with Gasteiger partial charge in [-0.25, -0.2) is 9.40 Å². The first-order valence-corrected chi connectivity index (χ1v) is 12.8. The predicted octanol–water partition coefficient (Wildman–Crippen LogP) is 5.67. The van der Waals surface area contributed by atoms with Gasteiger partial charge < -0.3 is 10.1 Å². The Morgan fingerprint density at radius 2 is 1.86 bits per heavy atom. The van der Waals surface area contributed by atoms with Gasteiger partial charge in [-0.3, -0.25) is 9.59 Å². The molecule has 2 amide bonds. The van der Waals surface area contributed by atoms with Crippen LogP contribution in [0.25, 0.3) is 0 Å². The number of nitrogens with one attached hydrogen (secondary N) is 1. The van der Waals surface area contributed by atoms with Crippen LogP contribution in [0.5, 0.6) is 5.75 Å². The van der Waals surface area contributed by atoms with Gasteiger partial charge in [0.15, 0.2) is 5.17 Å². The summed E-state index contributed by atoms with van der Waals surface area (Å²) in [6.45, 7) is 0. The van der Waals surface area contributed by atoms with Crippen molar-refractivity contribution in [3.05, 3.63) is 94.8 Å². The first kappa shape index (κ1) is 25.0. The molecule has 7 nitrogen and oxygen atoms in total. The van der Waals surface area contributed by atoms with E-state index in [0.717, 1.165) is 22.6 Å². The topological polar surface area (TPSA) is 83.4 Å². The van der Waals surface area contributed by atoms with Gasteiger partial charge in [-0.05, 0) is 59.7 Å². The fourth-order valence-electron chi connectivity index (χ4n) is 4.13. The summed E-state index contributed by atoms with van der Waals surface area (Å²) in [6, 6.07) is 20.8. The maximum atomic E-state index is 13.9. The molecule has 188 valence electrons. The van der Waals surface area contributed by atoms with Gasteiger partial charge in [0.25, 0.3) is 5.91 Å². The van der Waals surface area contributed by atoms with E-state index in [1.807, 2.05) is 48.5 Å². The van der Waals surface area contributed by atoms with Crippen LogP contribution in [0.3, 0.4) is 0 Å². The predicted molar refractivity (Wildman–Crippen MR) is 144 cm³/mol. The van der Waals surface area contributed by atoms with Crippen LogP contribution in [-0.4, -0.2) is 40.1 Å². The molecule has 0 spiro atoms. The van der Waals surface area contributed by atoms with Gasteiger partial charge in [0.2, 0.25) is 5.91 Å². The van der Waals surface area contributed by atoms with Crippen LogP contribution in [0.15, 0.2) is 82.9 Å². The Balaban J connectivity index is 1.36. The lowest BCUT2D eigenvalue weighted by atomic mass is 9.98. The van der Waals surface area contributed by atoms with Crippen LogP contribution in [-0.2, 0) is 9.59 Å². The Morgan fingerprint density at radius 3 is 2.57 bits per heavy atom. The van der Waals surface area contributed by atoms with E-state index in [-0.39, 0.29) is 18.2 Å². The number of rotatable bonds is 6. The molecule has 1 N–H and O–H groups in total. The van der Waals surface area contributed by atoms with Crippen LogP contribution >= 0.6 is 23.4 Å². The second kappa shape index (κ2) is 10.7. The summed E-state index contributed by atoms with van der Waals surface area (Å²) in [5, 5.41) is 9.39. The summed E-state index contributed by atoms with van der Waals surface area (Å²) < 4.78 is 19.2. The van der Waals surface area contributed by atoms with Gasteiger partial charge in [-0.2, -0.15) is 10.1 Å². The number of halogens is 2. The van der Waals surface area contributed by atoms with Crippen LogP contribution in [0.2, 0.25) is 5.02 Å². The standard InChI is InChI=1S/C27H22ClFN4O3S/c1-36-19-12-8-16(9-13-19)22-14-23(17-6-10-18(28)11-7-17)33(32-22)27-31-26(35)24(37-27)15-25(34)30-21-5-3-2-4-20(21)29/h2-13,23-24H,14-15H2,1H3,(H,30,34)/t23-,24+/m0/s1. The number of amidine groups is 1. The molecule has 0 fully saturated rings. The van der Waals surface area contributed by atoms with E-state index in [2.05, 4.69) is 10.3 Å². The molecule has 10 heteroatoms. The van der Waals surface area contributed by atoms with Crippen LogP contribution in [0, 0.1) is 5.82 Å². The number of carbonyl (C=O) groups is 2. The number of ether oxygens (including phenoxy) is 1. The van der Waals surface area contributed by atoms with Crippen molar-refractivity contribution in [1.82, 2.24) is 5.01 Å². The Bertz CT molecular complexity index is 1400. The first-order chi connectivity index (χ1) is 17.9. The monoisotopic (exact) mass is 536 g/mol. The Morgan fingerprint density at radius 1 is 1.14 bits per heavy atom. The van der Waals surface area contributed by atoms with Crippen LogP contribution < -0.4 is 10.1 Å². The highest BCUT2D eigenvalue weighted by molar-refractivity contribution is 8.15. The van der Waals surface area contributed by atoms with E-state index in [9.17, 15) is 14.0 Å². The highest BCUT2D eigenvalue weighted by atomic mass is 35.5. The maximum Gasteiger partial charge on any atom is 0.262 e. The molecule has 2 aliphatic rings. The SMILES string of the molecule is COc1ccc(C2=NN(C3=NC(=O)[C@@H](CC(=O)Nc4ccccc4F)S3)[C@H](c3ccc(Cl)cc3)C2)cc1. The molecule has 2 atom stereocenters. The highest BCUT2D eigenvalue weighted by Gasteiger charge is 2.39. The van der Waals surface area contributed by atoms with Gasteiger partial charge in [-0.1, -0.05) is 47.6 Å². The molecule has 0 aromatic heterocycles. The third-order valence-electron chi connectivity index (χ3n) is 6.03.